The summed E-state index contributed by atoms with van der Waals surface area (Å²) in [6.07, 6.45) is 0. The van der Waals surface area contributed by atoms with Gasteiger partial charge in [-0.05, 0) is 30.3 Å². The minimum absolute atomic E-state index is 0.115. The van der Waals surface area contributed by atoms with Gasteiger partial charge in [-0.2, -0.15) is 0 Å². The van der Waals surface area contributed by atoms with Gasteiger partial charge in [-0.3, -0.25) is 4.72 Å². The van der Waals surface area contributed by atoms with Crippen LogP contribution in [0.5, 0.6) is 0 Å². The smallest absolute Gasteiger partial charge is 0.261 e. The molecule has 21 heavy (non-hydrogen) atoms. The van der Waals surface area contributed by atoms with Crippen molar-refractivity contribution in [1.82, 2.24) is 0 Å². The van der Waals surface area contributed by atoms with Crippen LogP contribution in [0.4, 0.5) is 11.4 Å². The Labute approximate surface area is 122 Å². The van der Waals surface area contributed by atoms with Gasteiger partial charge in [-0.25, -0.2) is 22.0 Å². The molecule has 0 saturated heterocycles. The highest BCUT2D eigenvalue weighted by Gasteiger charge is 2.19. The van der Waals surface area contributed by atoms with Gasteiger partial charge in [0.25, 0.3) is 10.0 Å². The molecular weight excluding hydrogens is 314 g/mol. The van der Waals surface area contributed by atoms with Gasteiger partial charge in [0.05, 0.1) is 10.6 Å². The quantitative estimate of drug-likeness (QED) is 0.712. The molecule has 2 aromatic carbocycles. The van der Waals surface area contributed by atoms with Gasteiger partial charge in [0.2, 0.25) is 10.0 Å². The Bertz CT molecular complexity index is 863. The monoisotopic (exact) mass is 327 g/mol. The minimum atomic E-state index is -4.11. The number of anilines is 2. The highest BCUT2D eigenvalue weighted by molar-refractivity contribution is 7.93. The fourth-order valence-electron chi connectivity index (χ4n) is 1.65. The van der Waals surface area contributed by atoms with E-state index in [9.17, 15) is 16.8 Å². The number of sulfonamides is 2. The zero-order valence-electron chi connectivity index (χ0n) is 10.7. The summed E-state index contributed by atoms with van der Waals surface area (Å²) in [7, 11) is -8.04. The van der Waals surface area contributed by atoms with E-state index in [0.717, 1.165) is 6.07 Å². The van der Waals surface area contributed by atoms with Crippen molar-refractivity contribution in [3.8, 4) is 0 Å². The average Bonchev–Trinajstić information content (AvgIpc) is 2.38. The van der Waals surface area contributed by atoms with Crippen LogP contribution in [0.15, 0.2) is 58.3 Å². The number of benzene rings is 2. The first kappa shape index (κ1) is 15.3. The molecule has 0 amide bonds. The summed E-state index contributed by atoms with van der Waals surface area (Å²) in [5, 5.41) is 5.00. The summed E-state index contributed by atoms with van der Waals surface area (Å²) >= 11 is 0. The Morgan fingerprint density at radius 3 is 2.10 bits per heavy atom. The second-order valence-electron chi connectivity index (χ2n) is 4.22. The van der Waals surface area contributed by atoms with Crippen molar-refractivity contribution in [3.63, 3.8) is 0 Å². The summed E-state index contributed by atoms with van der Waals surface area (Å²) in [4.78, 5) is -0.678. The zero-order chi connectivity index (χ0) is 15.7. The topological polar surface area (TPSA) is 132 Å². The lowest BCUT2D eigenvalue weighted by atomic mass is 10.3. The standard InChI is InChI=1S/C12H13N3O4S2/c13-11-7-6-10(8-12(11)20(14,16)17)21(18,19)15-9-4-2-1-3-5-9/h1-8,15H,13H2,(H2,14,16,17). The molecule has 0 heterocycles. The van der Waals surface area contributed by atoms with Gasteiger partial charge in [-0.1, -0.05) is 18.2 Å². The Hall–Kier alpha value is -2.10. The normalized spacial score (nSPS) is 12.0. The van der Waals surface area contributed by atoms with E-state index in [-0.39, 0.29) is 10.6 Å². The molecule has 0 aliphatic rings. The number of nitrogens with two attached hydrogens (primary N) is 2. The molecular formula is C12H13N3O4S2. The van der Waals surface area contributed by atoms with Crippen molar-refractivity contribution in [1.29, 1.82) is 0 Å². The van der Waals surface area contributed by atoms with E-state index in [2.05, 4.69) is 4.72 Å². The highest BCUT2D eigenvalue weighted by atomic mass is 32.2. The maximum absolute atomic E-state index is 12.2. The predicted molar refractivity (Wildman–Crippen MR) is 79.5 cm³/mol. The van der Waals surface area contributed by atoms with E-state index in [1.54, 1.807) is 30.3 Å². The molecule has 0 unspecified atom stereocenters. The molecule has 0 radical (unpaired) electrons. The van der Waals surface area contributed by atoms with Crippen LogP contribution in [0, 0.1) is 0 Å². The van der Waals surface area contributed by atoms with Crippen LogP contribution in [0.25, 0.3) is 0 Å². The van der Waals surface area contributed by atoms with Gasteiger partial charge in [-0.15, -0.1) is 0 Å². The van der Waals surface area contributed by atoms with Gasteiger partial charge in [0.15, 0.2) is 0 Å². The van der Waals surface area contributed by atoms with E-state index in [0.29, 0.717) is 5.69 Å². The van der Waals surface area contributed by atoms with Crippen LogP contribution < -0.4 is 15.6 Å². The van der Waals surface area contributed by atoms with Crippen LogP contribution in [0.3, 0.4) is 0 Å². The molecule has 0 aliphatic carbocycles. The molecule has 7 nitrogen and oxygen atoms in total. The lowest BCUT2D eigenvalue weighted by Gasteiger charge is -2.10. The van der Waals surface area contributed by atoms with Crippen molar-refractivity contribution < 1.29 is 16.8 Å². The van der Waals surface area contributed by atoms with Crippen molar-refractivity contribution in [2.24, 2.45) is 5.14 Å². The molecule has 2 aromatic rings. The first-order chi connectivity index (χ1) is 9.70. The molecule has 0 fully saturated rings. The number of para-hydroxylation sites is 1. The van der Waals surface area contributed by atoms with Crippen molar-refractivity contribution in [2.75, 3.05) is 10.5 Å². The minimum Gasteiger partial charge on any atom is -0.398 e. The average molecular weight is 327 g/mol. The first-order valence-corrected chi connectivity index (χ1v) is 8.73. The largest absolute Gasteiger partial charge is 0.398 e. The second-order valence-corrected chi connectivity index (χ2v) is 7.43. The molecule has 0 bridgehead atoms. The van der Waals surface area contributed by atoms with E-state index in [1.807, 2.05) is 0 Å². The Balaban J connectivity index is 2.47. The molecule has 0 aromatic heterocycles. The number of nitrogen functional groups attached to an aromatic ring is 1. The van der Waals surface area contributed by atoms with Gasteiger partial charge >= 0.3 is 0 Å². The molecule has 0 aliphatic heterocycles. The zero-order valence-corrected chi connectivity index (χ0v) is 12.4. The third kappa shape index (κ3) is 3.51. The summed E-state index contributed by atoms with van der Waals surface area (Å²) in [5.74, 6) is 0. The van der Waals surface area contributed by atoms with Crippen molar-refractivity contribution in [3.05, 3.63) is 48.5 Å². The molecule has 5 N–H and O–H groups in total. The molecule has 0 saturated carbocycles. The number of rotatable bonds is 4. The third-order valence-corrected chi connectivity index (χ3v) is 4.97. The maximum atomic E-state index is 12.2. The Morgan fingerprint density at radius 1 is 0.905 bits per heavy atom. The van der Waals surface area contributed by atoms with Crippen LogP contribution in [0.1, 0.15) is 0 Å². The Kier molecular flexibility index (Phi) is 3.90. The lowest BCUT2D eigenvalue weighted by molar-refractivity contribution is 0.597. The number of hydrogen-bond donors (Lipinski definition) is 3. The van der Waals surface area contributed by atoms with Gasteiger partial charge < -0.3 is 5.73 Å². The number of hydrogen-bond acceptors (Lipinski definition) is 5. The van der Waals surface area contributed by atoms with Crippen LogP contribution in [-0.2, 0) is 20.0 Å². The summed E-state index contributed by atoms with van der Waals surface area (Å²) in [6, 6.07) is 11.5. The van der Waals surface area contributed by atoms with Crippen LogP contribution in [0.2, 0.25) is 0 Å². The SMILES string of the molecule is Nc1ccc(S(=O)(=O)Nc2ccccc2)cc1S(N)(=O)=O. The van der Waals surface area contributed by atoms with Crippen LogP contribution >= 0.6 is 0 Å². The molecule has 9 heteroatoms. The van der Waals surface area contributed by atoms with E-state index < -0.39 is 24.9 Å². The van der Waals surface area contributed by atoms with Gasteiger partial charge in [0.1, 0.15) is 4.90 Å². The van der Waals surface area contributed by atoms with Crippen molar-refractivity contribution >= 4 is 31.4 Å². The van der Waals surface area contributed by atoms with Crippen molar-refractivity contribution in [2.45, 2.75) is 9.79 Å². The molecule has 0 atom stereocenters. The maximum Gasteiger partial charge on any atom is 0.261 e. The third-order valence-electron chi connectivity index (χ3n) is 2.63. The van der Waals surface area contributed by atoms with E-state index >= 15 is 0 Å². The number of nitrogens with one attached hydrogen (secondary N) is 1. The summed E-state index contributed by atoms with van der Waals surface area (Å²) < 4.78 is 49.5. The summed E-state index contributed by atoms with van der Waals surface area (Å²) in [5.41, 5.74) is 5.74. The first-order valence-electron chi connectivity index (χ1n) is 5.70. The fourth-order valence-corrected chi connectivity index (χ4v) is 3.50. The summed E-state index contributed by atoms with van der Waals surface area (Å²) in [6.45, 7) is 0. The predicted octanol–water partition coefficient (Wildman–Crippen LogP) is 0.717. The van der Waals surface area contributed by atoms with E-state index in [4.69, 9.17) is 10.9 Å². The van der Waals surface area contributed by atoms with Gasteiger partial charge in [0, 0.05) is 5.69 Å². The molecule has 2 rings (SSSR count). The lowest BCUT2D eigenvalue weighted by Crippen LogP contribution is -2.17. The molecule has 0 spiro atoms. The fraction of sp³-hybridized carbons (Fsp3) is 0. The second kappa shape index (κ2) is 5.35. The Morgan fingerprint density at radius 2 is 1.52 bits per heavy atom. The molecule has 112 valence electrons. The highest BCUT2D eigenvalue weighted by Crippen LogP contribution is 2.23. The number of primary sulfonamides is 1. The van der Waals surface area contributed by atoms with E-state index in [1.165, 1.54) is 12.1 Å². The van der Waals surface area contributed by atoms with Crippen LogP contribution in [-0.4, -0.2) is 16.8 Å².